The summed E-state index contributed by atoms with van der Waals surface area (Å²) in [5.74, 6) is 1.10. The molecule has 0 saturated carbocycles. The lowest BCUT2D eigenvalue weighted by Crippen LogP contribution is -2.12. The molecular formula is C22H16N2O4. The van der Waals surface area contributed by atoms with Gasteiger partial charge in [0.2, 0.25) is 0 Å². The van der Waals surface area contributed by atoms with Gasteiger partial charge >= 0.3 is 5.97 Å². The average Bonchev–Trinajstić information content (AvgIpc) is 2.71. The summed E-state index contributed by atoms with van der Waals surface area (Å²) in [5, 5.41) is 9.38. The van der Waals surface area contributed by atoms with Gasteiger partial charge < -0.3 is 14.2 Å². The van der Waals surface area contributed by atoms with Crippen LogP contribution in [0.3, 0.4) is 0 Å². The molecule has 2 aromatic rings. The lowest BCUT2D eigenvalue weighted by atomic mass is 9.92. The van der Waals surface area contributed by atoms with Crippen LogP contribution in [0.15, 0.2) is 60.3 Å². The predicted molar refractivity (Wildman–Crippen MR) is 102 cm³/mol. The second-order valence-electron chi connectivity index (χ2n) is 5.97. The fourth-order valence-electron chi connectivity index (χ4n) is 2.72. The first-order chi connectivity index (χ1) is 13.5. The van der Waals surface area contributed by atoms with Gasteiger partial charge in [0.1, 0.15) is 30.5 Å². The number of fused-ring (bicyclic) bond motifs is 2. The molecule has 0 saturated heterocycles. The molecule has 0 N–H and O–H groups in total. The molecule has 0 amide bonds. The van der Waals surface area contributed by atoms with Crippen molar-refractivity contribution in [3.8, 4) is 23.3 Å². The molecule has 3 rings (SSSR count). The number of rotatable bonds is 5. The number of esters is 1. The quantitative estimate of drug-likeness (QED) is 0.217. The smallest absolute Gasteiger partial charge is 0.333 e. The van der Waals surface area contributed by atoms with Crippen LogP contribution in [0, 0.1) is 17.9 Å². The Balaban J connectivity index is 1.86. The van der Waals surface area contributed by atoms with Crippen molar-refractivity contribution >= 4 is 11.5 Å². The third-order valence-corrected chi connectivity index (χ3v) is 3.99. The number of carbonyl (C=O) groups excluding carboxylic acids is 1. The van der Waals surface area contributed by atoms with Gasteiger partial charge in [-0.15, -0.1) is 0 Å². The Kier molecular flexibility index (Phi) is 5.43. The van der Waals surface area contributed by atoms with Crippen LogP contribution in [0.1, 0.15) is 18.1 Å². The summed E-state index contributed by atoms with van der Waals surface area (Å²) in [6.45, 7) is 12.7. The van der Waals surface area contributed by atoms with E-state index in [1.54, 1.807) is 31.2 Å². The second kappa shape index (κ2) is 8.11. The first kappa shape index (κ1) is 18.8. The Hall–Kier alpha value is -4.03. The normalized spacial score (nSPS) is 13.0. The molecule has 6 nitrogen and oxygen atoms in total. The molecule has 1 aliphatic heterocycles. The van der Waals surface area contributed by atoms with Crippen molar-refractivity contribution in [2.45, 2.75) is 6.92 Å². The summed E-state index contributed by atoms with van der Waals surface area (Å²) >= 11 is 0. The minimum absolute atomic E-state index is 0.00243. The first-order valence-electron chi connectivity index (χ1n) is 8.44. The van der Waals surface area contributed by atoms with Gasteiger partial charge in [-0.3, -0.25) is 0 Å². The van der Waals surface area contributed by atoms with Crippen molar-refractivity contribution in [3.05, 3.63) is 82.9 Å². The molecule has 0 radical (unpaired) electrons. The highest BCUT2D eigenvalue weighted by molar-refractivity contribution is 5.92. The van der Waals surface area contributed by atoms with Crippen LogP contribution < -0.4 is 9.47 Å². The number of hydrogen-bond acceptors (Lipinski definition) is 5. The van der Waals surface area contributed by atoms with Crippen LogP contribution in [0.5, 0.6) is 17.2 Å². The summed E-state index contributed by atoms with van der Waals surface area (Å²) in [6.07, 6.45) is 0. The molecule has 1 aliphatic rings. The van der Waals surface area contributed by atoms with Gasteiger partial charge in [-0.05, 0) is 25.1 Å². The molecule has 0 unspecified atom stereocenters. The lowest BCUT2D eigenvalue weighted by molar-refractivity contribution is -0.139. The highest BCUT2D eigenvalue weighted by Gasteiger charge is 2.25. The molecule has 2 aromatic carbocycles. The van der Waals surface area contributed by atoms with E-state index in [-0.39, 0.29) is 18.9 Å². The monoisotopic (exact) mass is 372 g/mol. The molecule has 28 heavy (non-hydrogen) atoms. The number of nitriles is 1. The van der Waals surface area contributed by atoms with Crippen LogP contribution in [0.2, 0.25) is 0 Å². The number of para-hydroxylation sites is 1. The van der Waals surface area contributed by atoms with Gasteiger partial charge in [-0.1, -0.05) is 24.8 Å². The number of hydrogen-bond donors (Lipinski definition) is 0. The van der Waals surface area contributed by atoms with E-state index in [1.807, 2.05) is 24.3 Å². The zero-order chi connectivity index (χ0) is 20.1. The maximum Gasteiger partial charge on any atom is 0.333 e. The Bertz CT molecular complexity index is 1050. The van der Waals surface area contributed by atoms with E-state index in [2.05, 4.69) is 11.4 Å². The van der Waals surface area contributed by atoms with Crippen molar-refractivity contribution < 1.29 is 19.0 Å². The number of allylic oxidation sites excluding steroid dienone is 1. The molecule has 138 valence electrons. The summed E-state index contributed by atoms with van der Waals surface area (Å²) in [7, 11) is 0. The minimum atomic E-state index is -0.466. The third-order valence-electron chi connectivity index (χ3n) is 3.99. The molecule has 0 spiro atoms. The topological polar surface area (TPSA) is 72.9 Å². The van der Waals surface area contributed by atoms with Crippen molar-refractivity contribution in [3.63, 3.8) is 0 Å². The molecular weight excluding hydrogens is 356 g/mol. The van der Waals surface area contributed by atoms with Gasteiger partial charge in [0.05, 0.1) is 12.6 Å². The maximum absolute atomic E-state index is 11.4. The van der Waals surface area contributed by atoms with Crippen LogP contribution in [0.25, 0.3) is 10.4 Å². The molecule has 1 heterocycles. The third kappa shape index (κ3) is 3.72. The van der Waals surface area contributed by atoms with E-state index in [1.165, 1.54) is 0 Å². The molecule has 0 aromatic heterocycles. The van der Waals surface area contributed by atoms with E-state index in [9.17, 15) is 10.1 Å². The molecule has 6 heteroatoms. The van der Waals surface area contributed by atoms with Gasteiger partial charge in [-0.25, -0.2) is 14.9 Å². The molecule has 0 fully saturated rings. The van der Waals surface area contributed by atoms with Crippen molar-refractivity contribution in [1.29, 1.82) is 5.26 Å². The zero-order valence-corrected chi connectivity index (χ0v) is 15.2. The van der Waals surface area contributed by atoms with Crippen molar-refractivity contribution in [1.82, 2.24) is 0 Å². The Morgan fingerprint density at radius 1 is 1.21 bits per heavy atom. The van der Waals surface area contributed by atoms with E-state index < -0.39 is 5.97 Å². The Labute approximate surface area is 162 Å². The largest absolute Gasteiger partial charge is 0.490 e. The van der Waals surface area contributed by atoms with Crippen LogP contribution in [-0.4, -0.2) is 19.2 Å². The molecule has 0 atom stereocenters. The van der Waals surface area contributed by atoms with Gasteiger partial charge in [-0.2, -0.15) is 0 Å². The average molecular weight is 372 g/mol. The summed E-state index contributed by atoms with van der Waals surface area (Å²) in [4.78, 5) is 14.7. The molecule has 0 bridgehead atoms. The van der Waals surface area contributed by atoms with Gasteiger partial charge in [0.15, 0.2) is 0 Å². The zero-order valence-electron chi connectivity index (χ0n) is 15.2. The summed E-state index contributed by atoms with van der Waals surface area (Å²) in [5.41, 5.74) is 2.21. The highest BCUT2D eigenvalue weighted by Crippen LogP contribution is 2.46. The van der Waals surface area contributed by atoms with E-state index in [4.69, 9.17) is 20.8 Å². The number of nitrogens with zero attached hydrogens (tertiary/aromatic N) is 2. The number of carbonyl (C=O) groups is 1. The van der Waals surface area contributed by atoms with Crippen LogP contribution in [-0.2, 0) is 9.53 Å². The van der Waals surface area contributed by atoms with Gasteiger partial charge in [0, 0.05) is 28.3 Å². The van der Waals surface area contributed by atoms with Gasteiger partial charge in [0.25, 0.3) is 5.70 Å². The van der Waals surface area contributed by atoms with E-state index in [0.29, 0.717) is 39.5 Å². The maximum atomic E-state index is 11.4. The SMILES string of the molecule is [C-]#[N+]/C(C#N)=C1\c2ccccc2Oc2cc(OCCOC(=O)C(=C)C)ccc21. The Morgan fingerprint density at radius 2 is 1.96 bits per heavy atom. The fraction of sp³-hybridized carbons (Fsp3) is 0.136. The Morgan fingerprint density at radius 3 is 2.68 bits per heavy atom. The predicted octanol–water partition coefficient (Wildman–Crippen LogP) is 4.49. The van der Waals surface area contributed by atoms with E-state index >= 15 is 0 Å². The van der Waals surface area contributed by atoms with Crippen molar-refractivity contribution in [2.24, 2.45) is 0 Å². The minimum Gasteiger partial charge on any atom is -0.490 e. The molecule has 0 aliphatic carbocycles. The number of benzene rings is 2. The number of ether oxygens (including phenoxy) is 3. The van der Waals surface area contributed by atoms with Crippen LogP contribution >= 0.6 is 0 Å². The first-order valence-corrected chi connectivity index (χ1v) is 8.44. The van der Waals surface area contributed by atoms with E-state index in [0.717, 1.165) is 0 Å². The summed E-state index contributed by atoms with van der Waals surface area (Å²) < 4.78 is 16.5. The second-order valence-corrected chi connectivity index (χ2v) is 5.97. The highest BCUT2D eigenvalue weighted by atomic mass is 16.6. The summed E-state index contributed by atoms with van der Waals surface area (Å²) in [6, 6.07) is 14.4. The van der Waals surface area contributed by atoms with Crippen LogP contribution in [0.4, 0.5) is 0 Å². The lowest BCUT2D eigenvalue weighted by Gasteiger charge is -2.23. The van der Waals surface area contributed by atoms with Crippen molar-refractivity contribution in [2.75, 3.05) is 13.2 Å². The fourth-order valence-corrected chi connectivity index (χ4v) is 2.72. The standard InChI is InChI=1S/C22H16N2O4/c1-14(2)22(25)27-11-10-26-15-8-9-17-20(12-15)28-19-7-5-4-6-16(19)21(17)18(13-23)24-3/h4-9,12H,1,10-11H2,2H3/b21-18+.